The summed E-state index contributed by atoms with van der Waals surface area (Å²) in [7, 11) is 0. The molecule has 0 atom stereocenters. The number of pyridine rings is 1. The minimum Gasteiger partial charge on any atom is -0.296 e. The van der Waals surface area contributed by atoms with Gasteiger partial charge in [0.05, 0.1) is 0 Å². The van der Waals surface area contributed by atoms with Crippen molar-refractivity contribution in [2.45, 2.75) is 6.42 Å². The summed E-state index contributed by atoms with van der Waals surface area (Å²) in [6.45, 7) is 0. The average Bonchev–Trinajstić information content (AvgIpc) is 2.19. The van der Waals surface area contributed by atoms with E-state index in [1.165, 1.54) is 0 Å². The van der Waals surface area contributed by atoms with Crippen LogP contribution in [0, 0.1) is 11.8 Å². The minimum atomic E-state index is 0.430. The van der Waals surface area contributed by atoms with Crippen molar-refractivity contribution >= 4 is 18.9 Å². The van der Waals surface area contributed by atoms with Crippen LogP contribution >= 0.6 is 12.6 Å². The number of aldehydes is 1. The molecule has 1 rings (SSSR count). The molecule has 1 heterocycles. The van der Waals surface area contributed by atoms with Crippen LogP contribution in [0.2, 0.25) is 0 Å². The number of hydrogen-bond acceptors (Lipinski definition) is 3. The third-order valence-electron chi connectivity index (χ3n) is 1.38. The number of carbonyl (C=O) groups excluding carboxylic acids is 1. The zero-order chi connectivity index (χ0) is 9.52. The maximum absolute atomic E-state index is 10.3. The van der Waals surface area contributed by atoms with Crippen LogP contribution in [0.5, 0.6) is 0 Å². The van der Waals surface area contributed by atoms with Gasteiger partial charge in [0.25, 0.3) is 0 Å². The molecule has 0 N–H and O–H groups in total. The Kier molecular flexibility index (Phi) is 4.07. The summed E-state index contributed by atoms with van der Waals surface area (Å²) in [5, 5.41) is 0. The summed E-state index contributed by atoms with van der Waals surface area (Å²) in [6.07, 6.45) is 3.07. The maximum atomic E-state index is 10.3. The summed E-state index contributed by atoms with van der Waals surface area (Å²) in [4.78, 5) is 14.2. The SMILES string of the molecule is O=Cc1ccc(C#CCCS)cn1. The van der Waals surface area contributed by atoms with Gasteiger partial charge >= 0.3 is 0 Å². The van der Waals surface area contributed by atoms with Crippen LogP contribution in [0.4, 0.5) is 0 Å². The molecular formula is C10H9NOS. The van der Waals surface area contributed by atoms with Crippen molar-refractivity contribution in [1.29, 1.82) is 0 Å². The lowest BCUT2D eigenvalue weighted by Gasteiger charge is -1.89. The van der Waals surface area contributed by atoms with Crippen LogP contribution in [-0.4, -0.2) is 17.0 Å². The van der Waals surface area contributed by atoms with Crippen LogP contribution in [0.1, 0.15) is 22.5 Å². The molecule has 1 aromatic heterocycles. The zero-order valence-corrected chi connectivity index (χ0v) is 7.92. The average molecular weight is 191 g/mol. The molecule has 0 aliphatic carbocycles. The lowest BCUT2D eigenvalue weighted by Crippen LogP contribution is -1.85. The monoisotopic (exact) mass is 191 g/mol. The van der Waals surface area contributed by atoms with Crippen LogP contribution < -0.4 is 0 Å². The first-order valence-corrected chi connectivity index (χ1v) is 4.51. The molecule has 2 nitrogen and oxygen atoms in total. The second kappa shape index (κ2) is 5.39. The molecule has 0 spiro atoms. The van der Waals surface area contributed by atoms with Gasteiger partial charge in [-0.1, -0.05) is 11.8 Å². The van der Waals surface area contributed by atoms with E-state index in [-0.39, 0.29) is 0 Å². The van der Waals surface area contributed by atoms with E-state index in [1.807, 2.05) is 0 Å². The Morgan fingerprint density at radius 3 is 2.92 bits per heavy atom. The largest absolute Gasteiger partial charge is 0.296 e. The van der Waals surface area contributed by atoms with Crippen LogP contribution in [-0.2, 0) is 0 Å². The molecule has 0 radical (unpaired) electrons. The van der Waals surface area contributed by atoms with Crippen LogP contribution in [0.3, 0.4) is 0 Å². The molecule has 0 saturated heterocycles. The normalized spacial score (nSPS) is 8.69. The first-order chi connectivity index (χ1) is 6.36. The van der Waals surface area contributed by atoms with E-state index in [4.69, 9.17) is 0 Å². The number of nitrogens with zero attached hydrogens (tertiary/aromatic N) is 1. The van der Waals surface area contributed by atoms with E-state index in [2.05, 4.69) is 29.5 Å². The fraction of sp³-hybridized carbons (Fsp3) is 0.200. The van der Waals surface area contributed by atoms with Crippen LogP contribution in [0.25, 0.3) is 0 Å². The van der Waals surface area contributed by atoms with Gasteiger partial charge in [0.2, 0.25) is 0 Å². The highest BCUT2D eigenvalue weighted by Crippen LogP contribution is 1.96. The third-order valence-corrected chi connectivity index (χ3v) is 1.60. The maximum Gasteiger partial charge on any atom is 0.168 e. The molecule has 0 aliphatic rings. The predicted molar refractivity (Wildman–Crippen MR) is 55.0 cm³/mol. The molecule has 66 valence electrons. The van der Waals surface area contributed by atoms with Gasteiger partial charge in [-0.15, -0.1) is 0 Å². The fourth-order valence-electron chi connectivity index (χ4n) is 0.769. The quantitative estimate of drug-likeness (QED) is 0.437. The highest BCUT2D eigenvalue weighted by atomic mass is 32.1. The van der Waals surface area contributed by atoms with E-state index >= 15 is 0 Å². The number of thiol groups is 1. The Bertz CT molecular complexity index is 334. The van der Waals surface area contributed by atoms with E-state index in [0.717, 1.165) is 17.7 Å². The highest BCUT2D eigenvalue weighted by molar-refractivity contribution is 7.80. The second-order valence-corrected chi connectivity index (χ2v) is 2.81. The number of carbonyl (C=O) groups is 1. The van der Waals surface area contributed by atoms with Gasteiger partial charge in [-0.2, -0.15) is 12.6 Å². The van der Waals surface area contributed by atoms with Crippen molar-refractivity contribution in [2.75, 3.05) is 5.75 Å². The van der Waals surface area contributed by atoms with E-state index in [1.54, 1.807) is 18.3 Å². The van der Waals surface area contributed by atoms with Gasteiger partial charge < -0.3 is 0 Å². The molecule has 1 aromatic rings. The standard InChI is InChI=1S/C10H9NOS/c12-8-10-5-4-9(7-11-10)3-1-2-6-13/h4-5,7-8,13H,2,6H2. The third kappa shape index (κ3) is 3.30. The van der Waals surface area contributed by atoms with Crippen molar-refractivity contribution in [3.63, 3.8) is 0 Å². The van der Waals surface area contributed by atoms with E-state index in [0.29, 0.717) is 12.0 Å². The van der Waals surface area contributed by atoms with Crippen molar-refractivity contribution in [1.82, 2.24) is 4.98 Å². The van der Waals surface area contributed by atoms with Crippen molar-refractivity contribution in [2.24, 2.45) is 0 Å². The van der Waals surface area contributed by atoms with Gasteiger partial charge in [-0.05, 0) is 12.1 Å². The van der Waals surface area contributed by atoms with Gasteiger partial charge in [-0.3, -0.25) is 9.78 Å². The molecule has 0 bridgehead atoms. The molecule has 0 saturated carbocycles. The zero-order valence-electron chi connectivity index (χ0n) is 7.03. The Balaban J connectivity index is 2.71. The van der Waals surface area contributed by atoms with Crippen molar-refractivity contribution in [3.05, 3.63) is 29.6 Å². The van der Waals surface area contributed by atoms with Gasteiger partial charge in [0, 0.05) is 23.9 Å². The molecule has 3 heteroatoms. The fourth-order valence-corrected chi connectivity index (χ4v) is 0.881. The summed E-state index contributed by atoms with van der Waals surface area (Å²) >= 11 is 4.03. The molecular weight excluding hydrogens is 182 g/mol. The molecule has 13 heavy (non-hydrogen) atoms. The summed E-state index contributed by atoms with van der Waals surface area (Å²) in [5.74, 6) is 6.61. The molecule has 0 aromatic carbocycles. The number of rotatable bonds is 2. The van der Waals surface area contributed by atoms with Gasteiger partial charge in [0.1, 0.15) is 5.69 Å². The lowest BCUT2D eigenvalue weighted by atomic mass is 10.2. The van der Waals surface area contributed by atoms with Gasteiger partial charge in [0.15, 0.2) is 6.29 Å². The van der Waals surface area contributed by atoms with Crippen molar-refractivity contribution < 1.29 is 4.79 Å². The minimum absolute atomic E-state index is 0.430. The number of hydrogen-bond donors (Lipinski definition) is 1. The molecule has 0 aliphatic heterocycles. The first-order valence-electron chi connectivity index (χ1n) is 3.88. The smallest absolute Gasteiger partial charge is 0.168 e. The van der Waals surface area contributed by atoms with Gasteiger partial charge in [-0.25, -0.2) is 0 Å². The Hall–Kier alpha value is -1.27. The predicted octanol–water partition coefficient (Wildman–Crippen LogP) is 1.57. The van der Waals surface area contributed by atoms with Crippen LogP contribution in [0.15, 0.2) is 18.3 Å². The van der Waals surface area contributed by atoms with Crippen molar-refractivity contribution in [3.8, 4) is 11.8 Å². The topological polar surface area (TPSA) is 30.0 Å². The Morgan fingerprint density at radius 1 is 1.54 bits per heavy atom. The summed E-state index contributed by atoms with van der Waals surface area (Å²) in [5.41, 5.74) is 1.26. The molecule has 0 unspecified atom stereocenters. The second-order valence-electron chi connectivity index (χ2n) is 2.36. The van der Waals surface area contributed by atoms with E-state index in [9.17, 15) is 4.79 Å². The molecule has 0 fully saturated rings. The first kappa shape index (κ1) is 9.82. The number of aromatic nitrogens is 1. The Labute approximate surface area is 82.8 Å². The summed E-state index contributed by atoms with van der Waals surface area (Å²) < 4.78 is 0. The Morgan fingerprint density at radius 2 is 2.38 bits per heavy atom. The van der Waals surface area contributed by atoms with E-state index < -0.39 is 0 Å². The summed E-state index contributed by atoms with van der Waals surface area (Å²) in [6, 6.07) is 3.43. The molecule has 0 amide bonds. The lowest BCUT2D eigenvalue weighted by molar-refractivity contribution is 0.111. The highest BCUT2D eigenvalue weighted by Gasteiger charge is 1.89.